The summed E-state index contributed by atoms with van der Waals surface area (Å²) in [4.78, 5) is 37.6. The van der Waals surface area contributed by atoms with Gasteiger partial charge in [-0.3, -0.25) is 9.59 Å². The van der Waals surface area contributed by atoms with Crippen LogP contribution in [-0.2, 0) is 11.3 Å². The number of benzene rings is 4. The Balaban J connectivity index is 1.47. The Labute approximate surface area is 240 Å². The minimum atomic E-state index is -1.22. The average Bonchev–Trinajstić information content (AvgIpc) is 3.59. The second kappa shape index (κ2) is 11.0. The van der Waals surface area contributed by atoms with Crippen molar-refractivity contribution in [3.05, 3.63) is 119 Å². The normalized spacial score (nSPS) is 12.1. The third-order valence-electron chi connectivity index (χ3n) is 7.00. The maximum absolute atomic E-state index is 13.0. The van der Waals surface area contributed by atoms with Crippen molar-refractivity contribution >= 4 is 40.4 Å². The summed E-state index contributed by atoms with van der Waals surface area (Å²) in [6.07, 6.45) is 3.02. The number of hydrogen-bond acceptors (Lipinski definition) is 5. The molecular weight excluding hydrogens is 534 g/mol. The SMILES string of the molecule is NC(=O)c1cccc(Cn2c(C(=O)O)c(NC(=O)C=Cc3ccccc3)c3ccc(-c4ccc5c(c4)OCO5)cc32)c1. The van der Waals surface area contributed by atoms with E-state index >= 15 is 0 Å². The molecule has 2 amide bonds. The molecule has 0 bridgehead atoms. The Morgan fingerprint density at radius 2 is 1.64 bits per heavy atom. The number of amides is 2. The third kappa shape index (κ3) is 5.18. The van der Waals surface area contributed by atoms with E-state index in [1.165, 1.54) is 6.08 Å². The highest BCUT2D eigenvalue weighted by molar-refractivity contribution is 6.14. The lowest BCUT2D eigenvalue weighted by Gasteiger charge is -2.11. The lowest BCUT2D eigenvalue weighted by Crippen LogP contribution is -2.15. The van der Waals surface area contributed by atoms with E-state index in [-0.39, 0.29) is 24.7 Å². The van der Waals surface area contributed by atoms with Gasteiger partial charge in [0.1, 0.15) is 0 Å². The summed E-state index contributed by atoms with van der Waals surface area (Å²) in [5.41, 5.74) is 9.59. The van der Waals surface area contributed by atoms with Gasteiger partial charge in [0.15, 0.2) is 17.2 Å². The molecule has 1 aliphatic heterocycles. The molecule has 0 saturated heterocycles. The smallest absolute Gasteiger partial charge is 0.354 e. The second-order valence-electron chi connectivity index (χ2n) is 9.71. The van der Waals surface area contributed by atoms with Crippen LogP contribution >= 0.6 is 0 Å². The largest absolute Gasteiger partial charge is 0.477 e. The van der Waals surface area contributed by atoms with Gasteiger partial charge >= 0.3 is 5.97 Å². The zero-order valence-corrected chi connectivity index (χ0v) is 22.2. The standard InChI is InChI=1S/C33H25N3O6/c34-32(38)24-8-4-7-21(15-24)18-36-26-16-22(23-11-13-27-28(17-23)42-19-41-27)10-12-25(26)30(31(36)33(39)40)35-29(37)14-9-20-5-2-1-3-6-20/h1-17H,18-19H2,(H2,34,38)(H,35,37)(H,39,40). The lowest BCUT2D eigenvalue weighted by atomic mass is 10.0. The minimum absolute atomic E-state index is 0.0984. The highest BCUT2D eigenvalue weighted by atomic mass is 16.7. The number of rotatable bonds is 8. The monoisotopic (exact) mass is 559 g/mol. The number of carboxylic acid groups (broad SMARTS) is 1. The van der Waals surface area contributed by atoms with E-state index in [1.54, 1.807) is 41.0 Å². The number of nitrogens with one attached hydrogen (secondary N) is 1. The molecule has 1 aromatic heterocycles. The first-order valence-electron chi connectivity index (χ1n) is 13.1. The molecule has 4 aromatic carbocycles. The first kappa shape index (κ1) is 26.4. The topological polar surface area (TPSA) is 133 Å². The van der Waals surface area contributed by atoms with Gasteiger partial charge in [0.05, 0.1) is 11.2 Å². The molecule has 5 aromatic rings. The molecule has 42 heavy (non-hydrogen) atoms. The van der Waals surface area contributed by atoms with E-state index in [4.69, 9.17) is 15.2 Å². The van der Waals surface area contributed by atoms with Crippen molar-refractivity contribution in [1.29, 1.82) is 0 Å². The summed E-state index contributed by atoms with van der Waals surface area (Å²) in [7, 11) is 0. The van der Waals surface area contributed by atoms with Gasteiger partial charge in [-0.25, -0.2) is 4.79 Å². The number of primary amides is 1. The highest BCUT2D eigenvalue weighted by Crippen LogP contribution is 2.39. The molecule has 4 N–H and O–H groups in total. The summed E-state index contributed by atoms with van der Waals surface area (Å²) in [5.74, 6) is -1.01. The number of anilines is 1. The Morgan fingerprint density at radius 3 is 2.43 bits per heavy atom. The Hall–Kier alpha value is -5.83. The van der Waals surface area contributed by atoms with Crippen LogP contribution in [0.25, 0.3) is 28.1 Å². The van der Waals surface area contributed by atoms with Crippen LogP contribution in [0, 0.1) is 0 Å². The number of aromatic nitrogens is 1. The van der Waals surface area contributed by atoms with Crippen molar-refractivity contribution < 1.29 is 29.0 Å². The van der Waals surface area contributed by atoms with Crippen molar-refractivity contribution in [2.45, 2.75) is 6.54 Å². The second-order valence-corrected chi connectivity index (χ2v) is 9.71. The number of aromatic carboxylic acids is 1. The summed E-state index contributed by atoms with van der Waals surface area (Å²) in [5, 5.41) is 13.7. The van der Waals surface area contributed by atoms with E-state index in [0.29, 0.717) is 33.5 Å². The van der Waals surface area contributed by atoms with E-state index in [2.05, 4.69) is 5.32 Å². The molecule has 0 radical (unpaired) electrons. The van der Waals surface area contributed by atoms with Gasteiger partial charge in [0.25, 0.3) is 0 Å². The van der Waals surface area contributed by atoms with Crippen LogP contribution in [0.5, 0.6) is 11.5 Å². The minimum Gasteiger partial charge on any atom is -0.477 e. The maximum atomic E-state index is 13.0. The molecule has 0 aliphatic carbocycles. The molecule has 208 valence electrons. The van der Waals surface area contributed by atoms with Crippen LogP contribution in [0.2, 0.25) is 0 Å². The van der Waals surface area contributed by atoms with Gasteiger partial charge < -0.3 is 30.2 Å². The van der Waals surface area contributed by atoms with Gasteiger partial charge in [-0.2, -0.15) is 0 Å². The molecule has 0 unspecified atom stereocenters. The Morgan fingerprint density at radius 1 is 0.881 bits per heavy atom. The quantitative estimate of drug-likeness (QED) is 0.214. The molecule has 6 rings (SSSR count). The first-order valence-corrected chi connectivity index (χ1v) is 13.1. The van der Waals surface area contributed by atoms with Crippen LogP contribution in [0.1, 0.15) is 32.0 Å². The van der Waals surface area contributed by atoms with Crippen molar-refractivity contribution in [2.24, 2.45) is 5.73 Å². The van der Waals surface area contributed by atoms with Crippen LogP contribution < -0.4 is 20.5 Å². The molecule has 2 heterocycles. The van der Waals surface area contributed by atoms with Crippen molar-refractivity contribution in [3.63, 3.8) is 0 Å². The molecule has 0 atom stereocenters. The van der Waals surface area contributed by atoms with Crippen molar-refractivity contribution in [1.82, 2.24) is 4.57 Å². The number of carboxylic acids is 1. The maximum Gasteiger partial charge on any atom is 0.354 e. The number of nitrogens with zero attached hydrogens (tertiary/aromatic N) is 1. The summed E-state index contributed by atoms with van der Waals surface area (Å²) in [6.45, 7) is 0.258. The Kier molecular flexibility index (Phi) is 6.90. The van der Waals surface area contributed by atoms with Gasteiger partial charge in [0, 0.05) is 23.6 Å². The van der Waals surface area contributed by atoms with E-state index in [1.807, 2.05) is 60.7 Å². The molecule has 1 aliphatic rings. The predicted octanol–water partition coefficient (Wildman–Crippen LogP) is 5.53. The number of ether oxygens (including phenoxy) is 2. The predicted molar refractivity (Wildman–Crippen MR) is 159 cm³/mol. The average molecular weight is 560 g/mol. The van der Waals surface area contributed by atoms with Crippen LogP contribution in [0.4, 0.5) is 5.69 Å². The summed E-state index contributed by atoms with van der Waals surface area (Å²) < 4.78 is 12.6. The third-order valence-corrected chi connectivity index (χ3v) is 7.00. The van der Waals surface area contributed by atoms with Crippen LogP contribution in [0.15, 0.2) is 97.1 Å². The van der Waals surface area contributed by atoms with Gasteiger partial charge in [0.2, 0.25) is 18.6 Å². The van der Waals surface area contributed by atoms with Crippen molar-refractivity contribution in [2.75, 3.05) is 12.1 Å². The van der Waals surface area contributed by atoms with E-state index in [9.17, 15) is 19.5 Å². The van der Waals surface area contributed by atoms with Crippen LogP contribution in [-0.4, -0.2) is 34.3 Å². The molecule has 0 saturated carbocycles. The molecule has 9 nitrogen and oxygen atoms in total. The number of fused-ring (bicyclic) bond motifs is 2. The molecule has 0 spiro atoms. The fourth-order valence-corrected chi connectivity index (χ4v) is 5.02. The fraction of sp³-hybridized carbons (Fsp3) is 0.0606. The fourth-order valence-electron chi connectivity index (χ4n) is 5.02. The lowest BCUT2D eigenvalue weighted by molar-refractivity contribution is -0.111. The molecule has 0 fully saturated rings. The number of nitrogens with two attached hydrogens (primary N) is 1. The van der Waals surface area contributed by atoms with E-state index < -0.39 is 17.8 Å². The molecule has 9 heteroatoms. The zero-order chi connectivity index (χ0) is 29.2. The van der Waals surface area contributed by atoms with Gasteiger partial charge in [-0.05, 0) is 58.7 Å². The first-order chi connectivity index (χ1) is 20.4. The Bertz CT molecular complexity index is 1890. The number of hydrogen-bond donors (Lipinski definition) is 3. The van der Waals surface area contributed by atoms with Gasteiger partial charge in [-0.1, -0.05) is 60.7 Å². The summed E-state index contributed by atoms with van der Waals surface area (Å²) in [6, 6.07) is 27.1. The molecular formula is C33H25N3O6. The highest BCUT2D eigenvalue weighted by Gasteiger charge is 2.25. The van der Waals surface area contributed by atoms with E-state index in [0.717, 1.165) is 16.7 Å². The zero-order valence-electron chi connectivity index (χ0n) is 22.2. The van der Waals surface area contributed by atoms with Gasteiger partial charge in [-0.15, -0.1) is 0 Å². The van der Waals surface area contributed by atoms with Crippen LogP contribution in [0.3, 0.4) is 0 Å². The van der Waals surface area contributed by atoms with Crippen molar-refractivity contribution in [3.8, 4) is 22.6 Å². The number of carbonyl (C=O) groups is 3. The summed E-state index contributed by atoms with van der Waals surface area (Å²) >= 11 is 0. The number of carbonyl (C=O) groups excluding carboxylic acids is 2.